The Morgan fingerprint density at radius 3 is 1.83 bits per heavy atom. The number of para-hydroxylation sites is 1. The number of hydrogen-bond acceptors (Lipinski definition) is 4. The Bertz CT molecular complexity index is 3120. The predicted octanol–water partition coefficient (Wildman–Crippen LogP) is 11.0. The molecule has 0 spiro atoms. The molecule has 0 amide bonds. The van der Waals surface area contributed by atoms with E-state index in [9.17, 15) is 0 Å². The van der Waals surface area contributed by atoms with Gasteiger partial charge in [-0.15, -0.1) is 0 Å². The first-order valence-corrected chi connectivity index (χ1v) is 20.8. The van der Waals surface area contributed by atoms with E-state index in [0.717, 1.165) is 60.2 Å². The Kier molecular flexibility index (Phi) is 6.08. The van der Waals surface area contributed by atoms with Crippen LogP contribution in [0.2, 0.25) is 13.1 Å². The van der Waals surface area contributed by atoms with Crippen molar-refractivity contribution in [3.63, 3.8) is 0 Å². The molecule has 0 aliphatic carbocycles. The van der Waals surface area contributed by atoms with Gasteiger partial charge in [-0.3, -0.25) is 0 Å². The SMILES string of the molecule is C[Si]1(C)c2ccccc2-c2c1cc(-c1nc(-c3cccc4ccccc34)nc(-c3cc4ccccc4c4ccccc34)n1)c1c2oc2ccccc21. The molecule has 1 aliphatic heterocycles. The molecule has 10 aromatic rings. The molecule has 244 valence electrons. The quantitative estimate of drug-likeness (QED) is 0.138. The zero-order valence-corrected chi connectivity index (χ0v) is 29.7. The molecule has 0 saturated carbocycles. The molecule has 0 saturated heterocycles. The van der Waals surface area contributed by atoms with E-state index in [2.05, 4.69) is 159 Å². The maximum Gasteiger partial charge on any atom is 0.164 e. The van der Waals surface area contributed by atoms with Crippen molar-refractivity contribution in [2.75, 3.05) is 0 Å². The van der Waals surface area contributed by atoms with Gasteiger partial charge < -0.3 is 4.42 Å². The highest BCUT2D eigenvalue weighted by atomic mass is 28.3. The maximum atomic E-state index is 6.85. The zero-order chi connectivity index (χ0) is 34.6. The highest BCUT2D eigenvalue weighted by molar-refractivity contribution is 7.04. The molecule has 0 atom stereocenters. The van der Waals surface area contributed by atoms with Gasteiger partial charge in [0, 0.05) is 33.0 Å². The molecule has 3 heterocycles. The van der Waals surface area contributed by atoms with E-state index in [1.54, 1.807) is 0 Å². The third kappa shape index (κ3) is 4.11. The van der Waals surface area contributed by atoms with Crippen LogP contribution < -0.4 is 10.4 Å². The molecule has 1 aliphatic rings. The summed E-state index contributed by atoms with van der Waals surface area (Å²) < 4.78 is 6.85. The minimum atomic E-state index is -2.10. The third-order valence-electron chi connectivity index (χ3n) is 11.1. The second kappa shape index (κ2) is 10.8. The molecule has 0 fully saturated rings. The second-order valence-corrected chi connectivity index (χ2v) is 18.7. The van der Waals surface area contributed by atoms with Gasteiger partial charge in [0.2, 0.25) is 0 Å². The molecule has 0 N–H and O–H groups in total. The molecule has 52 heavy (non-hydrogen) atoms. The van der Waals surface area contributed by atoms with Crippen molar-refractivity contribution < 1.29 is 4.42 Å². The summed E-state index contributed by atoms with van der Waals surface area (Å²) in [5, 5.41) is 11.8. The summed E-state index contributed by atoms with van der Waals surface area (Å²) in [5.41, 5.74) is 7.19. The third-order valence-corrected chi connectivity index (χ3v) is 14.6. The van der Waals surface area contributed by atoms with Gasteiger partial charge in [0.1, 0.15) is 19.2 Å². The van der Waals surface area contributed by atoms with Crippen molar-refractivity contribution in [3.05, 3.63) is 152 Å². The van der Waals surface area contributed by atoms with Gasteiger partial charge in [0.15, 0.2) is 17.5 Å². The summed E-state index contributed by atoms with van der Waals surface area (Å²) in [6.07, 6.45) is 0. The normalized spacial score (nSPS) is 13.3. The van der Waals surface area contributed by atoms with Gasteiger partial charge in [0.05, 0.1) is 0 Å². The van der Waals surface area contributed by atoms with Crippen LogP contribution in [-0.2, 0) is 0 Å². The average molecular weight is 682 g/mol. The summed E-state index contributed by atoms with van der Waals surface area (Å²) in [6.45, 7) is 4.88. The number of rotatable bonds is 3. The van der Waals surface area contributed by atoms with Gasteiger partial charge in [-0.2, -0.15) is 0 Å². The molecule has 0 unspecified atom stereocenters. The van der Waals surface area contributed by atoms with E-state index in [-0.39, 0.29) is 0 Å². The van der Waals surface area contributed by atoms with E-state index in [0.29, 0.717) is 17.5 Å². The van der Waals surface area contributed by atoms with Gasteiger partial charge in [-0.05, 0) is 66.5 Å². The Hall–Kier alpha value is -6.43. The van der Waals surface area contributed by atoms with E-state index >= 15 is 0 Å². The summed E-state index contributed by atoms with van der Waals surface area (Å²) >= 11 is 0. The fourth-order valence-corrected chi connectivity index (χ4v) is 11.7. The lowest BCUT2D eigenvalue weighted by atomic mass is 9.96. The molecule has 0 bridgehead atoms. The number of hydrogen-bond donors (Lipinski definition) is 0. The molecule has 2 aromatic heterocycles. The maximum absolute atomic E-state index is 6.85. The van der Waals surface area contributed by atoms with Crippen LogP contribution in [0.3, 0.4) is 0 Å². The highest BCUT2D eigenvalue weighted by Gasteiger charge is 2.40. The molecule has 5 heteroatoms. The van der Waals surface area contributed by atoms with E-state index in [1.807, 2.05) is 6.07 Å². The fourth-order valence-electron chi connectivity index (χ4n) is 8.62. The smallest absolute Gasteiger partial charge is 0.164 e. The largest absolute Gasteiger partial charge is 0.455 e. The lowest BCUT2D eigenvalue weighted by molar-refractivity contribution is 0.670. The monoisotopic (exact) mass is 681 g/mol. The Morgan fingerprint density at radius 2 is 1.00 bits per heavy atom. The van der Waals surface area contributed by atoms with Crippen LogP contribution in [0.4, 0.5) is 0 Å². The Labute approximate surface area is 301 Å². The number of aromatic nitrogens is 3. The Balaban J connectivity index is 1.28. The average Bonchev–Trinajstić information content (AvgIpc) is 3.69. The predicted molar refractivity (Wildman–Crippen MR) is 218 cm³/mol. The molecule has 4 nitrogen and oxygen atoms in total. The van der Waals surface area contributed by atoms with Crippen LogP contribution in [0.25, 0.3) is 99.5 Å². The van der Waals surface area contributed by atoms with Crippen LogP contribution in [0, 0.1) is 0 Å². The van der Waals surface area contributed by atoms with Gasteiger partial charge in [-0.1, -0.05) is 147 Å². The van der Waals surface area contributed by atoms with Crippen LogP contribution in [0.5, 0.6) is 0 Å². The summed E-state index contributed by atoms with van der Waals surface area (Å²) in [7, 11) is -2.10. The molecule has 0 radical (unpaired) electrons. The summed E-state index contributed by atoms with van der Waals surface area (Å²) in [5.74, 6) is 1.94. The molecule has 8 aromatic carbocycles. The number of furan rings is 1. The lowest BCUT2D eigenvalue weighted by Crippen LogP contribution is -2.49. The van der Waals surface area contributed by atoms with Crippen molar-refractivity contribution in [2.45, 2.75) is 13.1 Å². The van der Waals surface area contributed by atoms with Crippen molar-refractivity contribution >= 4 is 72.7 Å². The van der Waals surface area contributed by atoms with E-state index in [4.69, 9.17) is 19.4 Å². The minimum Gasteiger partial charge on any atom is -0.455 e. The van der Waals surface area contributed by atoms with E-state index in [1.165, 1.54) is 32.3 Å². The van der Waals surface area contributed by atoms with Crippen molar-refractivity contribution in [1.29, 1.82) is 0 Å². The van der Waals surface area contributed by atoms with Crippen molar-refractivity contribution in [1.82, 2.24) is 15.0 Å². The first-order chi connectivity index (χ1) is 25.5. The molecular weight excluding hydrogens is 651 g/mol. The molecule has 11 rings (SSSR count). The first kappa shape index (κ1) is 29.3. The van der Waals surface area contributed by atoms with Crippen LogP contribution in [0.15, 0.2) is 156 Å². The van der Waals surface area contributed by atoms with Gasteiger partial charge in [0.25, 0.3) is 0 Å². The Morgan fingerprint density at radius 1 is 0.423 bits per heavy atom. The minimum absolute atomic E-state index is 0.644. The zero-order valence-electron chi connectivity index (χ0n) is 28.7. The van der Waals surface area contributed by atoms with Crippen molar-refractivity contribution in [3.8, 4) is 45.3 Å². The fraction of sp³-hybridized carbons (Fsp3) is 0.0426. The number of benzene rings is 8. The van der Waals surface area contributed by atoms with E-state index < -0.39 is 8.07 Å². The summed E-state index contributed by atoms with van der Waals surface area (Å²) in [6, 6.07) is 53.8. The molecular formula is C47H31N3OSi. The van der Waals surface area contributed by atoms with Crippen LogP contribution in [0.1, 0.15) is 0 Å². The topological polar surface area (TPSA) is 51.8 Å². The number of fused-ring (bicyclic) bond motifs is 11. The second-order valence-electron chi connectivity index (χ2n) is 14.3. The highest BCUT2D eigenvalue weighted by Crippen LogP contribution is 2.44. The van der Waals surface area contributed by atoms with Crippen LogP contribution >= 0.6 is 0 Å². The van der Waals surface area contributed by atoms with Gasteiger partial charge >= 0.3 is 0 Å². The standard InChI is InChI=1S/C47H31N3OSi/c1-52(2)40-25-12-10-22-36(40)43-41(52)27-38(42-35-21-9-11-24-39(35)51-44(42)43)47-49-45(34-23-13-16-28-14-3-5-17-30(28)34)48-46(50-47)37-26-29-15-4-6-18-31(29)32-19-7-8-20-33(32)37/h3-27H,1-2H3. The summed E-state index contributed by atoms with van der Waals surface area (Å²) in [4.78, 5) is 16.2. The first-order valence-electron chi connectivity index (χ1n) is 17.8. The van der Waals surface area contributed by atoms with Crippen molar-refractivity contribution in [2.24, 2.45) is 0 Å². The van der Waals surface area contributed by atoms with Gasteiger partial charge in [-0.25, -0.2) is 15.0 Å². The number of nitrogens with zero attached hydrogens (tertiary/aromatic N) is 3. The lowest BCUT2D eigenvalue weighted by Gasteiger charge is -2.20. The van der Waals surface area contributed by atoms with Crippen LogP contribution in [-0.4, -0.2) is 23.0 Å².